The molecule has 1 aliphatic heterocycles. The Labute approximate surface area is 155 Å². The molecule has 1 fully saturated rings. The highest BCUT2D eigenvalue weighted by Crippen LogP contribution is 2.28. The number of halogens is 2. The quantitative estimate of drug-likeness (QED) is 0.796. The van der Waals surface area contributed by atoms with Gasteiger partial charge in [-0.3, -0.25) is 0 Å². The van der Waals surface area contributed by atoms with E-state index in [1.54, 1.807) is 0 Å². The van der Waals surface area contributed by atoms with Crippen LogP contribution in [0.4, 0.5) is 10.2 Å². The van der Waals surface area contributed by atoms with Crippen LogP contribution < -0.4 is 14.4 Å². The summed E-state index contributed by atoms with van der Waals surface area (Å²) in [6, 6.07) is 1.28. The first-order chi connectivity index (χ1) is 12.5. The number of hydrogen-bond donors (Lipinski definition) is 1. The topological polar surface area (TPSA) is 80.6 Å². The summed E-state index contributed by atoms with van der Waals surface area (Å²) in [6.07, 6.45) is 2.89. The van der Waals surface area contributed by atoms with Gasteiger partial charge in [0.15, 0.2) is 11.6 Å². The van der Waals surface area contributed by atoms with Crippen LogP contribution in [0, 0.1) is 12.7 Å². The van der Waals surface area contributed by atoms with E-state index in [0.717, 1.165) is 24.2 Å². The van der Waals surface area contributed by atoms with Crippen molar-refractivity contribution in [2.45, 2.75) is 32.5 Å². The van der Waals surface area contributed by atoms with Gasteiger partial charge < -0.3 is 19.5 Å². The van der Waals surface area contributed by atoms with Crippen molar-refractivity contribution in [2.75, 3.05) is 25.1 Å². The van der Waals surface area contributed by atoms with Gasteiger partial charge in [0.1, 0.15) is 29.4 Å². The maximum Gasteiger partial charge on any atom is 0.250 e. The van der Waals surface area contributed by atoms with Crippen molar-refractivity contribution < 1.29 is 19.0 Å². The first-order valence-corrected chi connectivity index (χ1v) is 8.64. The monoisotopic (exact) mass is 382 g/mol. The molecular weight excluding hydrogens is 363 g/mol. The van der Waals surface area contributed by atoms with Gasteiger partial charge in [0.05, 0.1) is 13.3 Å². The molecule has 26 heavy (non-hydrogen) atoms. The van der Waals surface area contributed by atoms with Crippen LogP contribution in [0.3, 0.4) is 0 Å². The van der Waals surface area contributed by atoms with Crippen molar-refractivity contribution in [2.24, 2.45) is 0 Å². The molecule has 3 heterocycles. The van der Waals surface area contributed by atoms with E-state index < -0.39 is 5.82 Å². The molecule has 1 N–H and O–H groups in total. The van der Waals surface area contributed by atoms with Gasteiger partial charge in [0.2, 0.25) is 5.88 Å². The van der Waals surface area contributed by atoms with Crippen LogP contribution in [-0.4, -0.2) is 46.4 Å². The predicted molar refractivity (Wildman–Crippen MR) is 94.3 cm³/mol. The zero-order chi connectivity index (χ0) is 18.7. The lowest BCUT2D eigenvalue weighted by Gasteiger charge is -2.33. The Bertz CT molecular complexity index is 785. The third-order valence-corrected chi connectivity index (χ3v) is 4.64. The summed E-state index contributed by atoms with van der Waals surface area (Å²) in [4.78, 5) is 14.4. The van der Waals surface area contributed by atoms with Crippen LogP contribution >= 0.6 is 11.6 Å². The molecule has 0 aliphatic carbocycles. The number of pyridine rings is 1. The molecule has 3 rings (SSSR count). The zero-order valence-electron chi connectivity index (χ0n) is 14.6. The van der Waals surface area contributed by atoms with E-state index >= 15 is 0 Å². The minimum atomic E-state index is -0.551. The SMILES string of the molecule is COc1ncc(OC2CCN(c3nc(CO)nc(Cl)c3C)CC2)cc1F. The molecule has 0 atom stereocenters. The molecule has 140 valence electrons. The number of ether oxygens (including phenoxy) is 2. The molecule has 7 nitrogen and oxygen atoms in total. The van der Waals surface area contributed by atoms with Crippen LogP contribution in [0.1, 0.15) is 24.2 Å². The summed E-state index contributed by atoms with van der Waals surface area (Å²) in [5.41, 5.74) is 0.782. The lowest BCUT2D eigenvalue weighted by Crippen LogP contribution is -2.39. The second-order valence-electron chi connectivity index (χ2n) is 6.00. The molecule has 0 unspecified atom stereocenters. The molecule has 0 bridgehead atoms. The molecule has 0 aromatic carbocycles. The number of nitrogens with zero attached hydrogens (tertiary/aromatic N) is 4. The average Bonchev–Trinajstić information content (AvgIpc) is 2.65. The molecule has 2 aromatic rings. The second kappa shape index (κ2) is 8.01. The van der Waals surface area contributed by atoms with Gasteiger partial charge in [0.25, 0.3) is 0 Å². The number of hydrogen-bond acceptors (Lipinski definition) is 7. The molecule has 2 aromatic heterocycles. The summed E-state index contributed by atoms with van der Waals surface area (Å²) in [5.74, 6) is 0.803. The van der Waals surface area contributed by atoms with E-state index in [9.17, 15) is 9.50 Å². The fourth-order valence-corrected chi connectivity index (χ4v) is 3.08. The highest BCUT2D eigenvalue weighted by atomic mass is 35.5. The van der Waals surface area contributed by atoms with E-state index in [-0.39, 0.29) is 18.6 Å². The van der Waals surface area contributed by atoms with E-state index in [2.05, 4.69) is 19.9 Å². The van der Waals surface area contributed by atoms with Gasteiger partial charge in [-0.15, -0.1) is 0 Å². The number of aromatic nitrogens is 3. The standard InChI is InChI=1S/C17H20ClFN4O3/c1-10-15(18)21-14(9-24)22-16(10)23-5-3-11(4-6-23)26-12-7-13(19)17(25-2)20-8-12/h7-8,11,24H,3-6,9H2,1-2H3. The van der Waals surface area contributed by atoms with Gasteiger partial charge in [0, 0.05) is 37.6 Å². The number of methoxy groups -OCH3 is 1. The van der Waals surface area contributed by atoms with Crippen molar-refractivity contribution in [3.63, 3.8) is 0 Å². The van der Waals surface area contributed by atoms with Gasteiger partial charge in [-0.05, 0) is 6.92 Å². The number of aliphatic hydroxyl groups is 1. The molecule has 9 heteroatoms. The minimum absolute atomic E-state index is 0.0456. The summed E-state index contributed by atoms with van der Waals surface area (Å²) in [6.45, 7) is 3.00. The lowest BCUT2D eigenvalue weighted by atomic mass is 10.1. The van der Waals surface area contributed by atoms with Crippen molar-refractivity contribution in [3.05, 3.63) is 34.6 Å². The summed E-state index contributed by atoms with van der Waals surface area (Å²) in [5, 5.41) is 9.62. The van der Waals surface area contributed by atoms with Crippen LogP contribution in [0.15, 0.2) is 12.3 Å². The first kappa shape index (κ1) is 18.6. The third-order valence-electron chi connectivity index (χ3n) is 4.27. The Kier molecular flexibility index (Phi) is 5.73. The Morgan fingerprint density at radius 2 is 2.08 bits per heavy atom. The fourth-order valence-electron chi connectivity index (χ4n) is 2.90. The largest absolute Gasteiger partial charge is 0.489 e. The highest BCUT2D eigenvalue weighted by molar-refractivity contribution is 6.30. The molecular formula is C17H20ClFN4O3. The second-order valence-corrected chi connectivity index (χ2v) is 6.36. The summed E-state index contributed by atoms with van der Waals surface area (Å²) >= 11 is 6.13. The third kappa shape index (κ3) is 3.96. The van der Waals surface area contributed by atoms with Gasteiger partial charge in [-0.1, -0.05) is 11.6 Å². The average molecular weight is 383 g/mol. The van der Waals surface area contributed by atoms with Gasteiger partial charge in [-0.25, -0.2) is 19.3 Å². The number of aliphatic hydroxyl groups excluding tert-OH is 1. The van der Waals surface area contributed by atoms with E-state index in [0.29, 0.717) is 29.8 Å². The van der Waals surface area contributed by atoms with E-state index in [4.69, 9.17) is 21.1 Å². The summed E-state index contributed by atoms with van der Waals surface area (Å²) in [7, 11) is 1.37. The van der Waals surface area contributed by atoms with Crippen molar-refractivity contribution in [1.29, 1.82) is 0 Å². The predicted octanol–water partition coefficient (Wildman–Crippen LogP) is 2.52. The van der Waals surface area contributed by atoms with Gasteiger partial charge in [-0.2, -0.15) is 0 Å². The number of rotatable bonds is 5. The lowest BCUT2D eigenvalue weighted by molar-refractivity contribution is 0.168. The summed E-state index contributed by atoms with van der Waals surface area (Å²) < 4.78 is 24.4. The normalized spacial score (nSPS) is 15.2. The number of anilines is 1. The maximum absolute atomic E-state index is 13.7. The maximum atomic E-state index is 13.7. The van der Waals surface area contributed by atoms with E-state index in [1.165, 1.54) is 19.4 Å². The molecule has 0 saturated carbocycles. The fraction of sp³-hybridized carbons (Fsp3) is 0.471. The molecule has 1 saturated heterocycles. The van der Waals surface area contributed by atoms with Crippen molar-refractivity contribution in [3.8, 4) is 11.6 Å². The molecule has 1 aliphatic rings. The number of piperidine rings is 1. The first-order valence-electron chi connectivity index (χ1n) is 8.26. The zero-order valence-corrected chi connectivity index (χ0v) is 15.3. The van der Waals surface area contributed by atoms with Crippen molar-refractivity contribution in [1.82, 2.24) is 15.0 Å². The van der Waals surface area contributed by atoms with Crippen LogP contribution in [0.5, 0.6) is 11.6 Å². The molecule has 0 radical (unpaired) electrons. The Morgan fingerprint density at radius 3 is 2.69 bits per heavy atom. The Morgan fingerprint density at radius 1 is 1.35 bits per heavy atom. The van der Waals surface area contributed by atoms with Crippen LogP contribution in [0.25, 0.3) is 0 Å². The van der Waals surface area contributed by atoms with Crippen LogP contribution in [0.2, 0.25) is 5.15 Å². The van der Waals surface area contributed by atoms with Gasteiger partial charge >= 0.3 is 0 Å². The Hall–Kier alpha value is -2.19. The molecule has 0 amide bonds. The molecule has 0 spiro atoms. The Balaban J connectivity index is 1.64. The van der Waals surface area contributed by atoms with E-state index in [1.807, 2.05) is 6.92 Å². The highest BCUT2D eigenvalue weighted by Gasteiger charge is 2.24. The van der Waals surface area contributed by atoms with Crippen LogP contribution in [-0.2, 0) is 6.61 Å². The smallest absolute Gasteiger partial charge is 0.250 e. The minimum Gasteiger partial charge on any atom is -0.489 e. The van der Waals surface area contributed by atoms with Crippen molar-refractivity contribution >= 4 is 17.4 Å².